The zero-order chi connectivity index (χ0) is 15.1. The molecule has 0 saturated carbocycles. The summed E-state index contributed by atoms with van der Waals surface area (Å²) in [6.45, 7) is 1.23. The van der Waals surface area contributed by atoms with Gasteiger partial charge in [0.15, 0.2) is 0 Å². The van der Waals surface area contributed by atoms with Crippen LogP contribution in [0.15, 0.2) is 30.3 Å². The minimum absolute atomic E-state index is 0.0175. The normalized spacial score (nSPS) is 17.0. The van der Waals surface area contributed by atoms with Crippen molar-refractivity contribution in [3.8, 4) is 0 Å². The predicted octanol–water partition coefficient (Wildman–Crippen LogP) is 1.83. The maximum absolute atomic E-state index is 12.3. The summed E-state index contributed by atoms with van der Waals surface area (Å²) >= 11 is 0. The van der Waals surface area contributed by atoms with Gasteiger partial charge in [0, 0.05) is 19.1 Å². The first-order valence-corrected chi connectivity index (χ1v) is 7.20. The Kier molecular flexibility index (Phi) is 5.75. The van der Waals surface area contributed by atoms with Crippen LogP contribution in [0, 0.1) is 5.92 Å². The quantitative estimate of drug-likeness (QED) is 0.841. The number of nitrogens with one attached hydrogen (secondary N) is 1. The summed E-state index contributed by atoms with van der Waals surface area (Å²) in [6, 6.07) is 9.13. The van der Waals surface area contributed by atoms with Gasteiger partial charge in [0.25, 0.3) is 0 Å². The fourth-order valence-corrected chi connectivity index (χ4v) is 2.44. The Bertz CT molecular complexity index is 468. The van der Waals surface area contributed by atoms with Gasteiger partial charge in [0.1, 0.15) is 0 Å². The zero-order valence-corrected chi connectivity index (χ0v) is 12.2. The summed E-state index contributed by atoms with van der Waals surface area (Å²) < 4.78 is 9.99. The smallest absolute Gasteiger partial charge is 0.307 e. The van der Waals surface area contributed by atoms with Gasteiger partial charge >= 0.3 is 5.97 Å². The standard InChI is InChI=1S/C16H21NO4/c1-20-15(18)11-14(12-5-3-2-4-6-12)17-16(19)13-7-9-21-10-8-13/h2-6,13-14H,7-11H2,1H3,(H,17,19)/t14-/m0/s1. The number of methoxy groups -OCH3 is 1. The second-order valence-electron chi connectivity index (χ2n) is 5.14. The van der Waals surface area contributed by atoms with Crippen LogP contribution in [-0.2, 0) is 19.1 Å². The molecule has 1 aromatic rings. The zero-order valence-electron chi connectivity index (χ0n) is 12.2. The lowest BCUT2D eigenvalue weighted by molar-refractivity contribution is -0.141. The van der Waals surface area contributed by atoms with E-state index in [1.165, 1.54) is 7.11 Å². The average molecular weight is 291 g/mol. The van der Waals surface area contributed by atoms with Crippen LogP contribution in [0.3, 0.4) is 0 Å². The van der Waals surface area contributed by atoms with Crippen LogP contribution in [0.5, 0.6) is 0 Å². The van der Waals surface area contributed by atoms with Crippen molar-refractivity contribution in [2.75, 3.05) is 20.3 Å². The van der Waals surface area contributed by atoms with Gasteiger partial charge in [-0.05, 0) is 18.4 Å². The van der Waals surface area contributed by atoms with Gasteiger partial charge in [-0.3, -0.25) is 9.59 Å². The minimum Gasteiger partial charge on any atom is -0.469 e. The van der Waals surface area contributed by atoms with Crippen molar-refractivity contribution in [3.05, 3.63) is 35.9 Å². The summed E-state index contributed by atoms with van der Waals surface area (Å²) in [5.41, 5.74) is 0.906. The van der Waals surface area contributed by atoms with Gasteiger partial charge in [-0.2, -0.15) is 0 Å². The number of hydrogen-bond acceptors (Lipinski definition) is 4. The molecular formula is C16H21NO4. The fourth-order valence-electron chi connectivity index (χ4n) is 2.44. The highest BCUT2D eigenvalue weighted by atomic mass is 16.5. The molecule has 0 spiro atoms. The van der Waals surface area contributed by atoms with E-state index in [-0.39, 0.29) is 30.3 Å². The summed E-state index contributed by atoms with van der Waals surface area (Å²) in [4.78, 5) is 23.9. The minimum atomic E-state index is -0.353. The van der Waals surface area contributed by atoms with E-state index in [0.29, 0.717) is 13.2 Å². The molecule has 1 aromatic carbocycles. The van der Waals surface area contributed by atoms with Crippen LogP contribution in [0.2, 0.25) is 0 Å². The highest BCUT2D eigenvalue weighted by Crippen LogP contribution is 2.20. The summed E-state index contributed by atoms with van der Waals surface area (Å²) in [5.74, 6) is -0.394. The molecule has 0 aromatic heterocycles. The molecule has 1 atom stereocenters. The SMILES string of the molecule is COC(=O)C[C@H](NC(=O)C1CCOCC1)c1ccccc1. The van der Waals surface area contributed by atoms with Crippen LogP contribution in [-0.4, -0.2) is 32.2 Å². The first-order chi connectivity index (χ1) is 10.2. The lowest BCUT2D eigenvalue weighted by Crippen LogP contribution is -2.37. The summed E-state index contributed by atoms with van der Waals surface area (Å²) in [5, 5.41) is 2.97. The molecule has 21 heavy (non-hydrogen) atoms. The first kappa shape index (κ1) is 15.5. The first-order valence-electron chi connectivity index (χ1n) is 7.20. The maximum atomic E-state index is 12.3. The summed E-state index contributed by atoms with van der Waals surface area (Å²) in [7, 11) is 1.35. The van der Waals surface area contributed by atoms with Crippen molar-refractivity contribution in [2.45, 2.75) is 25.3 Å². The van der Waals surface area contributed by atoms with E-state index in [2.05, 4.69) is 5.32 Å². The van der Waals surface area contributed by atoms with Gasteiger partial charge in [-0.25, -0.2) is 0 Å². The van der Waals surface area contributed by atoms with E-state index >= 15 is 0 Å². The topological polar surface area (TPSA) is 64.6 Å². The van der Waals surface area contributed by atoms with Crippen LogP contribution in [0.25, 0.3) is 0 Å². The van der Waals surface area contributed by atoms with Gasteiger partial charge < -0.3 is 14.8 Å². The van der Waals surface area contributed by atoms with E-state index in [0.717, 1.165) is 18.4 Å². The molecule has 1 aliphatic rings. The fraction of sp³-hybridized carbons (Fsp3) is 0.500. The molecule has 0 radical (unpaired) electrons. The van der Waals surface area contributed by atoms with Crippen LogP contribution in [0.4, 0.5) is 0 Å². The number of rotatable bonds is 5. The van der Waals surface area contributed by atoms with Gasteiger partial charge in [-0.15, -0.1) is 0 Å². The molecule has 1 aliphatic heterocycles. The van der Waals surface area contributed by atoms with E-state index in [1.54, 1.807) is 0 Å². The average Bonchev–Trinajstić information content (AvgIpc) is 2.55. The predicted molar refractivity (Wildman–Crippen MR) is 77.5 cm³/mol. The lowest BCUT2D eigenvalue weighted by Gasteiger charge is -2.25. The lowest BCUT2D eigenvalue weighted by atomic mass is 9.97. The second kappa shape index (κ2) is 7.78. The van der Waals surface area contributed by atoms with Crippen molar-refractivity contribution >= 4 is 11.9 Å². The molecule has 0 aliphatic carbocycles. The molecular weight excluding hydrogens is 270 g/mol. The number of carbonyl (C=O) groups excluding carboxylic acids is 2. The van der Waals surface area contributed by atoms with Crippen molar-refractivity contribution in [2.24, 2.45) is 5.92 Å². The van der Waals surface area contributed by atoms with Crippen molar-refractivity contribution in [1.82, 2.24) is 5.32 Å². The Hall–Kier alpha value is -1.88. The number of hydrogen-bond donors (Lipinski definition) is 1. The highest BCUT2D eigenvalue weighted by molar-refractivity contribution is 5.80. The number of esters is 1. The third-order valence-electron chi connectivity index (χ3n) is 3.71. The number of benzene rings is 1. The molecule has 2 rings (SSSR count). The molecule has 0 bridgehead atoms. The summed E-state index contributed by atoms with van der Waals surface area (Å²) in [6.07, 6.45) is 1.59. The second-order valence-corrected chi connectivity index (χ2v) is 5.14. The monoisotopic (exact) mass is 291 g/mol. The Labute approximate surface area is 124 Å². The Morgan fingerprint density at radius 2 is 1.95 bits per heavy atom. The molecule has 5 nitrogen and oxygen atoms in total. The number of amides is 1. The molecule has 114 valence electrons. The Morgan fingerprint density at radius 1 is 1.29 bits per heavy atom. The van der Waals surface area contributed by atoms with Crippen molar-refractivity contribution in [3.63, 3.8) is 0 Å². The van der Waals surface area contributed by atoms with Crippen molar-refractivity contribution in [1.29, 1.82) is 0 Å². The molecule has 1 fully saturated rings. The largest absolute Gasteiger partial charge is 0.469 e. The number of carbonyl (C=O) groups is 2. The van der Waals surface area contributed by atoms with Gasteiger partial charge in [0.2, 0.25) is 5.91 Å². The molecule has 5 heteroatoms. The van der Waals surface area contributed by atoms with Gasteiger partial charge in [-0.1, -0.05) is 30.3 Å². The molecule has 1 saturated heterocycles. The van der Waals surface area contributed by atoms with Crippen LogP contribution >= 0.6 is 0 Å². The van der Waals surface area contributed by atoms with E-state index in [4.69, 9.17) is 9.47 Å². The molecule has 0 unspecified atom stereocenters. The highest BCUT2D eigenvalue weighted by Gasteiger charge is 2.25. The van der Waals surface area contributed by atoms with E-state index < -0.39 is 0 Å². The Morgan fingerprint density at radius 3 is 2.57 bits per heavy atom. The van der Waals surface area contributed by atoms with Crippen molar-refractivity contribution < 1.29 is 19.1 Å². The van der Waals surface area contributed by atoms with E-state index in [1.807, 2.05) is 30.3 Å². The third kappa shape index (κ3) is 4.56. The number of ether oxygens (including phenoxy) is 2. The van der Waals surface area contributed by atoms with Crippen LogP contribution < -0.4 is 5.32 Å². The molecule has 1 heterocycles. The third-order valence-corrected chi connectivity index (χ3v) is 3.71. The van der Waals surface area contributed by atoms with Gasteiger partial charge in [0.05, 0.1) is 19.6 Å². The maximum Gasteiger partial charge on any atom is 0.307 e. The van der Waals surface area contributed by atoms with E-state index in [9.17, 15) is 9.59 Å². The van der Waals surface area contributed by atoms with Crippen LogP contribution in [0.1, 0.15) is 30.9 Å². The molecule has 1 N–H and O–H groups in total. The Balaban J connectivity index is 2.04. The molecule has 1 amide bonds.